The van der Waals surface area contributed by atoms with Gasteiger partial charge < -0.3 is 14.4 Å². The van der Waals surface area contributed by atoms with Gasteiger partial charge in [-0.05, 0) is 19.4 Å². The molecular formula is C10H15O3P. The first kappa shape index (κ1) is 11.1. The fourth-order valence-corrected chi connectivity index (χ4v) is 2.30. The molecule has 0 radical (unpaired) electrons. The molecule has 0 heterocycles. The molecule has 14 heavy (non-hydrogen) atoms. The molecule has 1 rings (SSSR count). The van der Waals surface area contributed by atoms with Crippen molar-refractivity contribution in [1.82, 2.24) is 0 Å². The lowest BCUT2D eigenvalue weighted by Gasteiger charge is -2.09. The van der Waals surface area contributed by atoms with E-state index in [2.05, 4.69) is 0 Å². The maximum Gasteiger partial charge on any atom is 0.122 e. The van der Waals surface area contributed by atoms with Gasteiger partial charge in [-0.2, -0.15) is 0 Å². The first-order valence-corrected chi connectivity index (χ1v) is 7.11. The van der Waals surface area contributed by atoms with E-state index >= 15 is 0 Å². The lowest BCUT2D eigenvalue weighted by atomic mass is 10.2. The third-order valence-electron chi connectivity index (χ3n) is 1.84. The summed E-state index contributed by atoms with van der Waals surface area (Å²) >= 11 is 0. The molecule has 0 aromatic heterocycles. The van der Waals surface area contributed by atoms with Gasteiger partial charge in [-0.15, -0.1) is 0 Å². The van der Waals surface area contributed by atoms with Crippen molar-refractivity contribution in [2.24, 2.45) is 0 Å². The van der Waals surface area contributed by atoms with Gasteiger partial charge in [-0.25, -0.2) is 0 Å². The van der Waals surface area contributed by atoms with E-state index in [9.17, 15) is 9.67 Å². The molecule has 0 atom stereocenters. The predicted octanol–water partition coefficient (Wildman–Crippen LogP) is 2.52. The van der Waals surface area contributed by atoms with Crippen molar-refractivity contribution < 1.29 is 14.4 Å². The van der Waals surface area contributed by atoms with Gasteiger partial charge in [0.25, 0.3) is 0 Å². The molecule has 1 N–H and O–H groups in total. The fraction of sp³-hybridized carbons (Fsp3) is 0.400. The fourth-order valence-electron chi connectivity index (χ4n) is 1.21. The van der Waals surface area contributed by atoms with E-state index in [0.717, 1.165) is 0 Å². The minimum Gasteiger partial charge on any atom is -0.508 e. The number of methoxy groups -OCH3 is 1. The van der Waals surface area contributed by atoms with E-state index < -0.39 is 7.14 Å². The van der Waals surface area contributed by atoms with E-state index in [1.54, 1.807) is 32.6 Å². The van der Waals surface area contributed by atoms with Crippen molar-refractivity contribution in [3.8, 4) is 11.5 Å². The summed E-state index contributed by atoms with van der Waals surface area (Å²) in [5.41, 5.74) is 0.708. The summed E-state index contributed by atoms with van der Waals surface area (Å²) in [5.74, 6) is 0.751. The van der Waals surface area contributed by atoms with Crippen molar-refractivity contribution in [3.63, 3.8) is 0 Å². The third kappa shape index (κ3) is 3.08. The molecule has 1 aromatic rings. The number of benzene rings is 1. The molecule has 0 fully saturated rings. The van der Waals surface area contributed by atoms with Crippen LogP contribution in [0.15, 0.2) is 18.2 Å². The Morgan fingerprint density at radius 3 is 2.50 bits per heavy atom. The average molecular weight is 214 g/mol. The van der Waals surface area contributed by atoms with Gasteiger partial charge in [0.05, 0.1) is 14.3 Å². The highest BCUT2D eigenvalue weighted by atomic mass is 31.2. The molecule has 0 bridgehead atoms. The van der Waals surface area contributed by atoms with Gasteiger partial charge in [0.2, 0.25) is 0 Å². The first-order chi connectivity index (χ1) is 6.42. The van der Waals surface area contributed by atoms with Gasteiger partial charge in [-0.1, -0.05) is 6.07 Å². The summed E-state index contributed by atoms with van der Waals surface area (Å²) in [4.78, 5) is 0. The summed E-state index contributed by atoms with van der Waals surface area (Å²) in [7, 11) is -0.598. The Balaban J connectivity index is 2.95. The van der Waals surface area contributed by atoms with Crippen LogP contribution in [0.2, 0.25) is 0 Å². The molecule has 0 unspecified atom stereocenters. The number of phenols is 1. The minimum absolute atomic E-state index is 0.147. The molecule has 0 amide bonds. The number of phenolic OH excluding ortho intramolecular Hbond substituents is 1. The quantitative estimate of drug-likeness (QED) is 0.786. The van der Waals surface area contributed by atoms with Crippen LogP contribution in [0.3, 0.4) is 0 Å². The van der Waals surface area contributed by atoms with Crippen LogP contribution in [0.4, 0.5) is 0 Å². The van der Waals surface area contributed by atoms with Crippen molar-refractivity contribution in [1.29, 1.82) is 0 Å². The average Bonchev–Trinajstić information content (AvgIpc) is 2.06. The Morgan fingerprint density at radius 2 is 2.07 bits per heavy atom. The Morgan fingerprint density at radius 1 is 1.43 bits per heavy atom. The van der Waals surface area contributed by atoms with Crippen LogP contribution in [0, 0.1) is 0 Å². The van der Waals surface area contributed by atoms with Crippen LogP contribution < -0.4 is 4.74 Å². The van der Waals surface area contributed by atoms with Crippen molar-refractivity contribution in [2.45, 2.75) is 6.16 Å². The Hall–Kier alpha value is -0.950. The SMILES string of the molecule is COc1ccc(CP(C)(C)=O)c(O)c1. The van der Waals surface area contributed by atoms with Gasteiger partial charge in [0.15, 0.2) is 0 Å². The highest BCUT2D eigenvalue weighted by Crippen LogP contribution is 2.42. The molecule has 0 spiro atoms. The van der Waals surface area contributed by atoms with E-state index in [4.69, 9.17) is 4.74 Å². The highest BCUT2D eigenvalue weighted by Gasteiger charge is 2.12. The second kappa shape index (κ2) is 4.05. The van der Waals surface area contributed by atoms with E-state index in [0.29, 0.717) is 17.5 Å². The van der Waals surface area contributed by atoms with Crippen molar-refractivity contribution >= 4 is 7.14 Å². The van der Waals surface area contributed by atoms with Crippen LogP contribution in [0.5, 0.6) is 11.5 Å². The smallest absolute Gasteiger partial charge is 0.122 e. The normalized spacial score (nSPS) is 11.4. The number of rotatable bonds is 3. The maximum atomic E-state index is 11.5. The number of aromatic hydroxyl groups is 1. The Kier molecular flexibility index (Phi) is 3.22. The van der Waals surface area contributed by atoms with Gasteiger partial charge in [0, 0.05) is 17.8 Å². The van der Waals surface area contributed by atoms with Crippen LogP contribution in [-0.2, 0) is 10.7 Å². The molecule has 0 aliphatic carbocycles. The van der Waals surface area contributed by atoms with Crippen molar-refractivity contribution in [3.05, 3.63) is 23.8 Å². The number of hydrogen-bond acceptors (Lipinski definition) is 3. The summed E-state index contributed by atoms with van der Waals surface area (Å²) in [6.07, 6.45) is 0.419. The predicted molar refractivity (Wildman–Crippen MR) is 57.8 cm³/mol. The van der Waals surface area contributed by atoms with E-state index in [1.165, 1.54) is 6.07 Å². The largest absolute Gasteiger partial charge is 0.508 e. The summed E-state index contributed by atoms with van der Waals surface area (Å²) < 4.78 is 16.5. The van der Waals surface area contributed by atoms with Gasteiger partial charge in [-0.3, -0.25) is 0 Å². The maximum absolute atomic E-state index is 11.5. The molecule has 4 heteroatoms. The summed E-state index contributed by atoms with van der Waals surface area (Å²) in [6.45, 7) is 3.41. The zero-order valence-corrected chi connectivity index (χ0v) is 9.54. The van der Waals surface area contributed by atoms with Gasteiger partial charge in [0.1, 0.15) is 11.5 Å². The minimum atomic E-state index is -2.14. The standard InChI is InChI=1S/C10H15O3P/c1-13-9-5-4-8(10(11)6-9)7-14(2,3)12/h4-6,11H,7H2,1-3H3. The summed E-state index contributed by atoms with van der Waals surface area (Å²) in [5, 5.41) is 9.58. The van der Waals surface area contributed by atoms with E-state index in [-0.39, 0.29) is 5.75 Å². The second-order valence-corrected chi connectivity index (χ2v) is 7.19. The van der Waals surface area contributed by atoms with Crippen LogP contribution in [0.1, 0.15) is 5.56 Å². The molecule has 1 aromatic carbocycles. The zero-order valence-electron chi connectivity index (χ0n) is 8.65. The number of ether oxygens (including phenoxy) is 1. The number of hydrogen-bond donors (Lipinski definition) is 1. The van der Waals surface area contributed by atoms with Crippen LogP contribution >= 0.6 is 7.14 Å². The highest BCUT2D eigenvalue weighted by molar-refractivity contribution is 7.61. The summed E-state index contributed by atoms with van der Waals surface area (Å²) in [6, 6.07) is 5.03. The molecule has 78 valence electrons. The van der Waals surface area contributed by atoms with Gasteiger partial charge >= 0.3 is 0 Å². The molecule has 3 nitrogen and oxygen atoms in total. The van der Waals surface area contributed by atoms with Crippen LogP contribution in [0.25, 0.3) is 0 Å². The third-order valence-corrected chi connectivity index (χ3v) is 2.95. The molecule has 0 saturated heterocycles. The molecule has 0 aliphatic rings. The van der Waals surface area contributed by atoms with Crippen molar-refractivity contribution in [2.75, 3.05) is 20.4 Å². The first-order valence-electron chi connectivity index (χ1n) is 4.32. The molecule has 0 aliphatic heterocycles. The Bertz CT molecular complexity index is 368. The molecule has 0 saturated carbocycles. The zero-order chi connectivity index (χ0) is 10.8. The molecular weight excluding hydrogens is 199 g/mol. The Labute approximate surface area is 84.1 Å². The monoisotopic (exact) mass is 214 g/mol. The topological polar surface area (TPSA) is 46.5 Å². The van der Waals surface area contributed by atoms with E-state index in [1.807, 2.05) is 0 Å². The lowest BCUT2D eigenvalue weighted by Crippen LogP contribution is -1.88. The second-order valence-electron chi connectivity index (χ2n) is 3.73. The van der Waals surface area contributed by atoms with Crippen LogP contribution in [-0.4, -0.2) is 25.5 Å². The lowest BCUT2D eigenvalue weighted by molar-refractivity contribution is 0.406.